The summed E-state index contributed by atoms with van der Waals surface area (Å²) in [7, 11) is 0. The fourth-order valence-electron chi connectivity index (χ4n) is 6.19. The molecule has 0 saturated heterocycles. The molecule has 0 aliphatic heterocycles. The summed E-state index contributed by atoms with van der Waals surface area (Å²) in [6.07, 6.45) is 0. The van der Waals surface area contributed by atoms with Gasteiger partial charge in [0.15, 0.2) is 0 Å². The normalized spacial score (nSPS) is 8.77. The average molecular weight is 1210 g/mol. The van der Waals surface area contributed by atoms with Crippen LogP contribution in [0.4, 0.5) is 0 Å². The molecule has 8 radical (unpaired) electrons. The van der Waals surface area contributed by atoms with Gasteiger partial charge in [-0.1, -0.05) is 0 Å². The predicted octanol–water partition coefficient (Wildman–Crippen LogP) is 12.0. The van der Waals surface area contributed by atoms with Crippen LogP contribution in [-0.2, 0) is 0 Å². The predicted molar refractivity (Wildman–Crippen MR) is 329 cm³/mol. The maximum atomic E-state index is 3.35. The Labute approximate surface area is 493 Å². The minimum atomic E-state index is -2.13. The van der Waals surface area contributed by atoms with Crippen molar-refractivity contribution >= 4 is 79.5 Å². The van der Waals surface area contributed by atoms with Gasteiger partial charge in [-0.3, -0.25) is 0 Å². The van der Waals surface area contributed by atoms with E-state index < -0.39 is 43.0 Å². The molecule has 77 heavy (non-hydrogen) atoms. The van der Waals surface area contributed by atoms with E-state index in [9.17, 15) is 0 Å². The van der Waals surface area contributed by atoms with E-state index in [1.807, 2.05) is 273 Å². The molecule has 0 aliphatic carbocycles. The maximum absolute atomic E-state index is 3.35. The summed E-state index contributed by atoms with van der Waals surface area (Å²) in [4.78, 5) is 0. The molecule has 0 atom stereocenters. The second-order valence-electron chi connectivity index (χ2n) is 15.7. The number of hydrogen-bond donors (Lipinski definition) is 0. The molecule has 0 nitrogen and oxygen atoms in total. The van der Waals surface area contributed by atoms with E-state index in [4.69, 9.17) is 0 Å². The summed E-state index contributed by atoms with van der Waals surface area (Å²) < 4.78 is 30.1. The Balaban J connectivity index is 0.000000210. The van der Waals surface area contributed by atoms with Gasteiger partial charge in [0.25, 0.3) is 0 Å². The number of hydrogen-bond acceptors (Lipinski definition) is 0. The van der Waals surface area contributed by atoms with Crippen LogP contribution < -0.4 is 0 Å². The first kappa shape index (κ1) is 59.7. The zero-order valence-corrected chi connectivity index (χ0v) is 50.9. The molecule has 0 saturated carbocycles. The van der Waals surface area contributed by atoms with Crippen LogP contribution in [0, 0.1) is 96.1 Å². The van der Waals surface area contributed by atoms with Gasteiger partial charge in [0.2, 0.25) is 0 Å². The number of rotatable bonds is 0. The van der Waals surface area contributed by atoms with E-state index in [1.54, 1.807) is 0 Å². The van der Waals surface area contributed by atoms with Crippen LogP contribution in [-0.4, -0.2) is 79.5 Å². The molecule has 0 aliphatic rings. The fourth-order valence-corrected chi connectivity index (χ4v) is 12.5. The first-order chi connectivity index (χ1) is 37.2. The molecule has 0 spiro atoms. The summed E-state index contributed by atoms with van der Waals surface area (Å²) in [5.74, 6) is 29.1. The number of benzene rings is 9. The van der Waals surface area contributed by atoms with Gasteiger partial charge >= 0.3 is 462 Å². The zero-order chi connectivity index (χ0) is 51.5. The molecule has 0 fully saturated rings. The van der Waals surface area contributed by atoms with E-state index in [2.05, 4.69) is 96.1 Å². The summed E-state index contributed by atoms with van der Waals surface area (Å²) in [5, 5.41) is 0. The van der Waals surface area contributed by atoms with E-state index in [-0.39, 0.29) is 36.5 Å². The molecular weight excluding hydrogens is 1160 g/mol. The fraction of sp³-hybridized carbons (Fsp3) is 0. The third-order valence-electron chi connectivity index (χ3n) is 9.95. The van der Waals surface area contributed by atoms with Gasteiger partial charge in [0.1, 0.15) is 0 Å². The van der Waals surface area contributed by atoms with Crippen LogP contribution in [0.1, 0.15) is 50.1 Å². The standard InChI is InChI=1S/3C24H15Ge.Ge.Li/c3*1-4-10-22(11-5-1)16-19-25(20-17-23-12-6-2-7-13-23)21-18-24-14-8-3-9-15-24;;/h3*1-15H;;. The van der Waals surface area contributed by atoms with Gasteiger partial charge in [-0.25, -0.2) is 0 Å². The Kier molecular flexibility index (Phi) is 28.4. The van der Waals surface area contributed by atoms with Crippen LogP contribution >= 0.6 is 0 Å². The monoisotopic (exact) mass is 1210 g/mol. The third kappa shape index (κ3) is 24.8. The van der Waals surface area contributed by atoms with Crippen molar-refractivity contribution in [3.63, 3.8) is 0 Å². The molecule has 0 aromatic heterocycles. The first-order valence-corrected chi connectivity index (χ1v) is 33.4. The first-order valence-electron chi connectivity index (χ1n) is 23.9. The SMILES string of the molecule is C(#[C][Ge]([C]#Cc1ccccc1)[C]#Cc1ccccc1)c1ccccc1.C(#[C][Ge]([C]#Cc1ccccc1)[C]#Cc1ccccc1)c1ccccc1.C(#[C][Ge]([C]#Cc1ccccc1)[C]#Cc1ccccc1)c1ccccc1.[Ge].[Li]. The van der Waals surface area contributed by atoms with Crippen LogP contribution in [0.5, 0.6) is 0 Å². The van der Waals surface area contributed by atoms with E-state index in [0.717, 1.165) is 50.1 Å². The van der Waals surface area contributed by atoms with Crippen LogP contribution in [0.3, 0.4) is 0 Å². The molecule has 5 heteroatoms. The Morgan fingerprint density at radius 3 is 0.338 bits per heavy atom. The third-order valence-corrected chi connectivity index (χ3v) is 17.0. The van der Waals surface area contributed by atoms with Gasteiger partial charge in [0, 0.05) is 36.5 Å². The van der Waals surface area contributed by atoms with Crippen molar-refractivity contribution in [2.75, 3.05) is 0 Å². The van der Waals surface area contributed by atoms with Crippen molar-refractivity contribution in [2.45, 2.75) is 0 Å². The summed E-state index contributed by atoms with van der Waals surface area (Å²) in [6.45, 7) is 0. The molecule has 0 bridgehead atoms. The molecule has 0 heterocycles. The minimum absolute atomic E-state index is 0. The van der Waals surface area contributed by atoms with Crippen LogP contribution in [0.2, 0.25) is 0 Å². The minimum Gasteiger partial charge on any atom is 0 e. The van der Waals surface area contributed by atoms with E-state index >= 15 is 0 Å². The summed E-state index contributed by atoms with van der Waals surface area (Å²) in [5.41, 5.74) is 9.09. The van der Waals surface area contributed by atoms with Crippen molar-refractivity contribution in [3.05, 3.63) is 323 Å². The average Bonchev–Trinajstić information content (AvgIpc) is 3.49. The summed E-state index contributed by atoms with van der Waals surface area (Å²) >= 11 is -6.39. The van der Waals surface area contributed by atoms with Gasteiger partial charge in [-0.2, -0.15) is 0 Å². The summed E-state index contributed by atoms with van der Waals surface area (Å²) in [6, 6.07) is 90.1. The van der Waals surface area contributed by atoms with Crippen LogP contribution in [0.15, 0.2) is 273 Å². The molecule has 0 N–H and O–H groups in total. The Morgan fingerprint density at radius 1 is 0.156 bits per heavy atom. The molecular formula is C72H45Ge4Li. The quantitative estimate of drug-likeness (QED) is 0.105. The maximum Gasteiger partial charge on any atom is 0 e. The Bertz CT molecular complexity index is 2970. The smallest absolute Gasteiger partial charge is 0 e. The van der Waals surface area contributed by atoms with Crippen molar-refractivity contribution in [1.29, 1.82) is 0 Å². The Morgan fingerprint density at radius 2 is 0.247 bits per heavy atom. The molecule has 9 rings (SSSR count). The second-order valence-corrected chi connectivity index (χ2v) is 25.1. The van der Waals surface area contributed by atoms with Crippen LogP contribution in [0.25, 0.3) is 0 Å². The topological polar surface area (TPSA) is 0 Å². The van der Waals surface area contributed by atoms with E-state index in [0.29, 0.717) is 0 Å². The van der Waals surface area contributed by atoms with Crippen molar-refractivity contribution < 1.29 is 0 Å². The van der Waals surface area contributed by atoms with Gasteiger partial charge < -0.3 is 0 Å². The van der Waals surface area contributed by atoms with Gasteiger partial charge in [-0.15, -0.1) is 0 Å². The molecule has 0 unspecified atom stereocenters. The zero-order valence-electron chi connectivity index (χ0n) is 42.5. The van der Waals surface area contributed by atoms with Gasteiger partial charge in [-0.05, 0) is 0 Å². The van der Waals surface area contributed by atoms with E-state index in [1.165, 1.54) is 0 Å². The van der Waals surface area contributed by atoms with Crippen molar-refractivity contribution in [1.82, 2.24) is 0 Å². The second kappa shape index (κ2) is 36.7. The van der Waals surface area contributed by atoms with Crippen molar-refractivity contribution in [2.24, 2.45) is 0 Å². The molecule has 350 valence electrons. The molecule has 0 amide bonds. The molecule has 9 aromatic rings. The molecule has 9 aromatic carbocycles. The largest absolute Gasteiger partial charge is 0 e. The Hall–Kier alpha value is -8.21. The van der Waals surface area contributed by atoms with Gasteiger partial charge in [0.05, 0.1) is 0 Å². The van der Waals surface area contributed by atoms with Crippen molar-refractivity contribution in [3.8, 4) is 96.1 Å².